The van der Waals surface area contributed by atoms with Crippen molar-refractivity contribution < 1.29 is 22.7 Å². The molecule has 5 nitrogen and oxygen atoms in total. The van der Waals surface area contributed by atoms with Crippen LogP contribution >= 0.6 is 0 Å². The van der Waals surface area contributed by atoms with E-state index in [0.717, 1.165) is 12.1 Å². The van der Waals surface area contributed by atoms with Crippen molar-refractivity contribution in [3.63, 3.8) is 0 Å². The summed E-state index contributed by atoms with van der Waals surface area (Å²) in [7, 11) is -3.75. The molecule has 7 heteroatoms. The lowest BCUT2D eigenvalue weighted by Gasteiger charge is -2.17. The SMILES string of the molecule is CC(C)C[C@H](CNS(=O)(=O)c1ccc(F)cc1)CC(=O)O. The predicted octanol–water partition coefficient (Wildman–Crippen LogP) is 2.24. The van der Waals surface area contributed by atoms with Gasteiger partial charge in [-0.15, -0.1) is 0 Å². The van der Waals surface area contributed by atoms with Gasteiger partial charge in [-0.25, -0.2) is 17.5 Å². The van der Waals surface area contributed by atoms with Crippen LogP contribution in [0, 0.1) is 17.7 Å². The summed E-state index contributed by atoms with van der Waals surface area (Å²) in [6, 6.07) is 4.48. The second-order valence-electron chi connectivity index (χ2n) is 5.40. The molecule has 0 aliphatic rings. The van der Waals surface area contributed by atoms with Gasteiger partial charge in [0.15, 0.2) is 0 Å². The van der Waals surface area contributed by atoms with Crippen molar-refractivity contribution in [2.75, 3.05) is 6.54 Å². The van der Waals surface area contributed by atoms with E-state index in [4.69, 9.17) is 5.11 Å². The highest BCUT2D eigenvalue weighted by Gasteiger charge is 2.19. The summed E-state index contributed by atoms with van der Waals surface area (Å²) in [4.78, 5) is 10.8. The van der Waals surface area contributed by atoms with Crippen molar-refractivity contribution in [2.24, 2.45) is 11.8 Å². The maximum absolute atomic E-state index is 12.8. The molecular weight excluding hydrogens is 297 g/mol. The second kappa shape index (κ2) is 7.51. The van der Waals surface area contributed by atoms with Crippen LogP contribution in [0.3, 0.4) is 0 Å². The largest absolute Gasteiger partial charge is 0.481 e. The van der Waals surface area contributed by atoms with Gasteiger partial charge in [0.05, 0.1) is 4.90 Å². The zero-order valence-electron chi connectivity index (χ0n) is 12.0. The molecule has 0 bridgehead atoms. The molecule has 0 fully saturated rings. The topological polar surface area (TPSA) is 83.5 Å². The smallest absolute Gasteiger partial charge is 0.303 e. The molecule has 0 amide bonds. The number of carboxylic acid groups (broad SMARTS) is 1. The maximum Gasteiger partial charge on any atom is 0.303 e. The molecule has 21 heavy (non-hydrogen) atoms. The number of carboxylic acids is 1. The van der Waals surface area contributed by atoms with Crippen molar-refractivity contribution in [3.8, 4) is 0 Å². The third-order valence-corrected chi connectivity index (χ3v) is 4.39. The summed E-state index contributed by atoms with van der Waals surface area (Å²) >= 11 is 0. The number of hydrogen-bond acceptors (Lipinski definition) is 3. The van der Waals surface area contributed by atoms with Crippen molar-refractivity contribution in [1.29, 1.82) is 0 Å². The Balaban J connectivity index is 2.73. The van der Waals surface area contributed by atoms with Gasteiger partial charge in [0.25, 0.3) is 0 Å². The lowest BCUT2D eigenvalue weighted by atomic mass is 9.94. The molecule has 1 aromatic carbocycles. The van der Waals surface area contributed by atoms with Crippen LogP contribution < -0.4 is 4.72 Å². The van der Waals surface area contributed by atoms with Crippen LogP contribution in [0.25, 0.3) is 0 Å². The molecule has 0 radical (unpaired) electrons. The molecular formula is C14H20FNO4S. The minimum Gasteiger partial charge on any atom is -0.481 e. The van der Waals surface area contributed by atoms with E-state index in [9.17, 15) is 17.6 Å². The van der Waals surface area contributed by atoms with Crippen LogP contribution in [0.15, 0.2) is 29.2 Å². The Morgan fingerprint density at radius 3 is 2.33 bits per heavy atom. The van der Waals surface area contributed by atoms with Crippen LogP contribution in [0.4, 0.5) is 4.39 Å². The quantitative estimate of drug-likeness (QED) is 0.770. The highest BCUT2D eigenvalue weighted by atomic mass is 32.2. The van der Waals surface area contributed by atoms with Crippen molar-refractivity contribution in [1.82, 2.24) is 4.72 Å². The van der Waals surface area contributed by atoms with E-state index >= 15 is 0 Å². The molecule has 0 saturated carbocycles. The molecule has 0 spiro atoms. The number of nitrogens with one attached hydrogen (secondary N) is 1. The first-order valence-electron chi connectivity index (χ1n) is 6.67. The van der Waals surface area contributed by atoms with Crippen LogP contribution in [0.1, 0.15) is 26.7 Å². The van der Waals surface area contributed by atoms with E-state index in [1.807, 2.05) is 13.8 Å². The average Bonchev–Trinajstić information content (AvgIpc) is 2.35. The fourth-order valence-electron chi connectivity index (χ4n) is 2.08. The van der Waals surface area contributed by atoms with E-state index in [0.29, 0.717) is 6.42 Å². The Labute approximate surface area is 124 Å². The third-order valence-electron chi connectivity index (χ3n) is 2.95. The first kappa shape index (κ1) is 17.6. The molecule has 0 aliphatic carbocycles. The third kappa shape index (κ3) is 6.22. The monoisotopic (exact) mass is 317 g/mol. The summed E-state index contributed by atoms with van der Waals surface area (Å²) in [5.74, 6) is -1.48. The molecule has 2 N–H and O–H groups in total. The van der Waals surface area contributed by atoms with Crippen LogP contribution in [-0.4, -0.2) is 26.0 Å². The molecule has 1 rings (SSSR count). The average molecular weight is 317 g/mol. The van der Waals surface area contributed by atoms with Crippen LogP contribution in [0.5, 0.6) is 0 Å². The Morgan fingerprint density at radius 2 is 1.86 bits per heavy atom. The molecule has 0 heterocycles. The van der Waals surface area contributed by atoms with Gasteiger partial charge in [-0.2, -0.15) is 0 Å². The molecule has 0 aliphatic heterocycles. The Kier molecular flexibility index (Phi) is 6.29. The number of aliphatic carboxylic acids is 1. The van der Waals surface area contributed by atoms with Gasteiger partial charge < -0.3 is 5.11 Å². The van der Waals surface area contributed by atoms with E-state index in [2.05, 4.69) is 4.72 Å². The Bertz CT molecular complexity index is 569. The molecule has 1 atom stereocenters. The molecule has 0 saturated heterocycles. The maximum atomic E-state index is 12.8. The molecule has 0 unspecified atom stereocenters. The first-order valence-corrected chi connectivity index (χ1v) is 8.16. The van der Waals surface area contributed by atoms with Gasteiger partial charge in [-0.05, 0) is 42.5 Å². The number of rotatable bonds is 8. The van der Waals surface area contributed by atoms with E-state index < -0.39 is 21.8 Å². The van der Waals surface area contributed by atoms with Crippen molar-refractivity contribution in [3.05, 3.63) is 30.1 Å². The normalized spacial score (nSPS) is 13.3. The van der Waals surface area contributed by atoms with Crippen LogP contribution in [0.2, 0.25) is 0 Å². The van der Waals surface area contributed by atoms with E-state index in [1.165, 1.54) is 12.1 Å². The standard InChI is InChI=1S/C14H20FNO4S/c1-10(2)7-11(8-14(17)18)9-16-21(19,20)13-5-3-12(15)4-6-13/h3-6,10-11,16H,7-9H2,1-2H3,(H,17,18)/t11-/m0/s1. The summed E-state index contributed by atoms with van der Waals surface area (Å²) in [6.45, 7) is 3.94. The second-order valence-corrected chi connectivity index (χ2v) is 7.17. The highest BCUT2D eigenvalue weighted by Crippen LogP contribution is 2.16. The van der Waals surface area contributed by atoms with Gasteiger partial charge >= 0.3 is 5.97 Å². The zero-order valence-corrected chi connectivity index (χ0v) is 12.9. The van der Waals surface area contributed by atoms with Gasteiger partial charge in [-0.1, -0.05) is 13.8 Å². The Morgan fingerprint density at radius 1 is 1.29 bits per heavy atom. The zero-order chi connectivity index (χ0) is 16.0. The van der Waals surface area contributed by atoms with E-state index in [-0.39, 0.29) is 29.7 Å². The van der Waals surface area contributed by atoms with Gasteiger partial charge in [0.2, 0.25) is 10.0 Å². The van der Waals surface area contributed by atoms with Crippen molar-refractivity contribution in [2.45, 2.75) is 31.6 Å². The van der Waals surface area contributed by atoms with Crippen LogP contribution in [-0.2, 0) is 14.8 Å². The fraction of sp³-hybridized carbons (Fsp3) is 0.500. The predicted molar refractivity (Wildman–Crippen MR) is 76.8 cm³/mol. The fourth-order valence-corrected chi connectivity index (χ4v) is 3.19. The van der Waals surface area contributed by atoms with Gasteiger partial charge in [0.1, 0.15) is 5.82 Å². The molecule has 1 aromatic rings. The highest BCUT2D eigenvalue weighted by molar-refractivity contribution is 7.89. The number of hydrogen-bond donors (Lipinski definition) is 2. The Hall–Kier alpha value is -1.47. The molecule has 118 valence electrons. The number of halogens is 1. The lowest BCUT2D eigenvalue weighted by Crippen LogP contribution is -2.31. The van der Waals surface area contributed by atoms with Gasteiger partial charge in [-0.3, -0.25) is 4.79 Å². The van der Waals surface area contributed by atoms with Gasteiger partial charge in [0, 0.05) is 13.0 Å². The minimum atomic E-state index is -3.75. The number of sulfonamides is 1. The summed E-state index contributed by atoms with van der Waals surface area (Å²) in [6.07, 6.45) is 0.516. The number of carbonyl (C=O) groups is 1. The first-order chi connectivity index (χ1) is 9.70. The number of benzene rings is 1. The van der Waals surface area contributed by atoms with Crippen molar-refractivity contribution >= 4 is 16.0 Å². The van der Waals surface area contributed by atoms with E-state index in [1.54, 1.807) is 0 Å². The summed E-state index contributed by atoms with van der Waals surface area (Å²) in [5, 5.41) is 8.85. The minimum absolute atomic E-state index is 0.0393. The molecule has 0 aromatic heterocycles. The summed E-state index contributed by atoms with van der Waals surface area (Å²) < 4.78 is 39.3. The summed E-state index contributed by atoms with van der Waals surface area (Å²) in [5.41, 5.74) is 0. The lowest BCUT2D eigenvalue weighted by molar-refractivity contribution is -0.138.